The third kappa shape index (κ3) is 2.53. The Labute approximate surface area is 104 Å². The molecule has 0 radical (unpaired) electrons. The smallest absolute Gasteiger partial charge is 0.0925 e. The van der Waals surface area contributed by atoms with Crippen molar-refractivity contribution >= 4 is 15.9 Å². The quantitative estimate of drug-likeness (QED) is 0.784. The molecule has 0 aliphatic heterocycles. The van der Waals surface area contributed by atoms with Crippen LogP contribution in [-0.2, 0) is 13.5 Å². The highest BCUT2D eigenvalue weighted by atomic mass is 79.9. The van der Waals surface area contributed by atoms with Gasteiger partial charge in [0, 0.05) is 23.6 Å². The molecule has 0 bridgehead atoms. The Morgan fingerprint density at radius 2 is 2.00 bits per heavy atom. The summed E-state index contributed by atoms with van der Waals surface area (Å²) in [4.78, 5) is 0. The normalized spacial score (nSPS) is 10.6. The number of hydrogen-bond donors (Lipinski definition) is 0. The summed E-state index contributed by atoms with van der Waals surface area (Å²) >= 11 is 3.45. The molecule has 0 saturated carbocycles. The van der Waals surface area contributed by atoms with Gasteiger partial charge in [-0.1, -0.05) is 46.3 Å². The van der Waals surface area contributed by atoms with Crippen LogP contribution < -0.4 is 0 Å². The molecule has 1 aromatic carbocycles. The molecule has 3 heteroatoms. The summed E-state index contributed by atoms with van der Waals surface area (Å²) in [5, 5.41) is 5.58. The van der Waals surface area contributed by atoms with Crippen molar-refractivity contribution in [1.29, 1.82) is 0 Å². The van der Waals surface area contributed by atoms with Gasteiger partial charge in [0.15, 0.2) is 0 Å². The van der Waals surface area contributed by atoms with Crippen molar-refractivity contribution in [3.05, 3.63) is 42.1 Å². The van der Waals surface area contributed by atoms with Crippen molar-refractivity contribution in [2.75, 3.05) is 5.33 Å². The molecule has 0 N–H and O–H groups in total. The van der Waals surface area contributed by atoms with Crippen LogP contribution >= 0.6 is 15.9 Å². The Kier molecular flexibility index (Phi) is 3.78. The van der Waals surface area contributed by atoms with Gasteiger partial charge in [-0.3, -0.25) is 4.68 Å². The summed E-state index contributed by atoms with van der Waals surface area (Å²) < 4.78 is 1.98. The van der Waals surface area contributed by atoms with E-state index < -0.39 is 0 Å². The van der Waals surface area contributed by atoms with Crippen molar-refractivity contribution in [1.82, 2.24) is 9.78 Å². The van der Waals surface area contributed by atoms with E-state index in [9.17, 15) is 0 Å². The van der Waals surface area contributed by atoms with E-state index in [-0.39, 0.29) is 0 Å². The molecule has 0 unspecified atom stereocenters. The second kappa shape index (κ2) is 5.30. The van der Waals surface area contributed by atoms with E-state index in [0.29, 0.717) is 0 Å². The molecule has 2 aromatic rings. The van der Waals surface area contributed by atoms with Crippen LogP contribution in [0.2, 0.25) is 0 Å². The van der Waals surface area contributed by atoms with Crippen LogP contribution in [-0.4, -0.2) is 15.1 Å². The number of nitrogens with zero attached hydrogens (tertiary/aromatic N) is 2. The molecule has 0 fully saturated rings. The third-order valence-corrected chi connectivity index (χ3v) is 3.17. The van der Waals surface area contributed by atoms with E-state index in [1.165, 1.54) is 11.3 Å². The van der Waals surface area contributed by atoms with E-state index in [0.717, 1.165) is 23.9 Å². The molecule has 2 nitrogen and oxygen atoms in total. The zero-order valence-electron chi connectivity index (χ0n) is 9.36. The van der Waals surface area contributed by atoms with Gasteiger partial charge in [-0.15, -0.1) is 0 Å². The van der Waals surface area contributed by atoms with Crippen molar-refractivity contribution in [3.8, 4) is 11.3 Å². The summed E-state index contributed by atoms with van der Waals surface area (Å²) in [6, 6.07) is 12.5. The first kappa shape index (κ1) is 11.4. The minimum atomic E-state index is 1.04. The lowest BCUT2D eigenvalue weighted by Gasteiger charge is -1.97. The predicted octanol–water partition coefficient (Wildman–Crippen LogP) is 3.41. The fourth-order valence-electron chi connectivity index (χ4n) is 1.74. The van der Waals surface area contributed by atoms with Crippen molar-refractivity contribution in [2.45, 2.75) is 12.8 Å². The Morgan fingerprint density at radius 1 is 1.25 bits per heavy atom. The molecule has 0 aliphatic carbocycles. The van der Waals surface area contributed by atoms with Gasteiger partial charge in [0.1, 0.15) is 0 Å². The molecule has 2 rings (SSSR count). The number of rotatable bonds is 4. The van der Waals surface area contributed by atoms with E-state index in [2.05, 4.69) is 39.2 Å². The van der Waals surface area contributed by atoms with Gasteiger partial charge in [-0.25, -0.2) is 0 Å². The minimum absolute atomic E-state index is 1.04. The zero-order valence-corrected chi connectivity index (χ0v) is 10.9. The van der Waals surface area contributed by atoms with Crippen LogP contribution in [0, 0.1) is 0 Å². The molecule has 84 valence electrons. The highest BCUT2D eigenvalue weighted by molar-refractivity contribution is 9.09. The molecular weight excluding hydrogens is 264 g/mol. The van der Waals surface area contributed by atoms with Gasteiger partial charge in [-0.2, -0.15) is 5.10 Å². The lowest BCUT2D eigenvalue weighted by Crippen LogP contribution is -1.98. The Balaban J connectivity index is 2.24. The van der Waals surface area contributed by atoms with E-state index in [1.807, 2.05) is 29.9 Å². The van der Waals surface area contributed by atoms with E-state index in [4.69, 9.17) is 0 Å². The van der Waals surface area contributed by atoms with Gasteiger partial charge in [-0.05, 0) is 18.9 Å². The SMILES string of the molecule is Cn1nc(-c2ccccc2)cc1CCCBr. The molecule has 0 aliphatic rings. The number of benzene rings is 1. The third-order valence-electron chi connectivity index (χ3n) is 2.61. The monoisotopic (exact) mass is 278 g/mol. The van der Waals surface area contributed by atoms with Crippen LogP contribution in [0.15, 0.2) is 36.4 Å². The first-order chi connectivity index (χ1) is 7.81. The fourth-order valence-corrected chi connectivity index (χ4v) is 2.02. The number of halogens is 1. The fraction of sp³-hybridized carbons (Fsp3) is 0.308. The Bertz CT molecular complexity index is 448. The molecule has 1 aromatic heterocycles. The molecular formula is C13H15BrN2. The highest BCUT2D eigenvalue weighted by Gasteiger charge is 2.05. The molecule has 0 amide bonds. The lowest BCUT2D eigenvalue weighted by atomic mass is 10.1. The van der Waals surface area contributed by atoms with Gasteiger partial charge in [0.25, 0.3) is 0 Å². The number of aromatic nitrogens is 2. The average Bonchev–Trinajstić information content (AvgIpc) is 2.69. The van der Waals surface area contributed by atoms with E-state index >= 15 is 0 Å². The highest BCUT2D eigenvalue weighted by Crippen LogP contribution is 2.19. The van der Waals surface area contributed by atoms with Gasteiger partial charge in [0.05, 0.1) is 5.69 Å². The number of aryl methyl sites for hydroxylation is 2. The van der Waals surface area contributed by atoms with Crippen LogP contribution in [0.4, 0.5) is 0 Å². The topological polar surface area (TPSA) is 17.8 Å². The maximum Gasteiger partial charge on any atom is 0.0925 e. The minimum Gasteiger partial charge on any atom is -0.272 e. The Morgan fingerprint density at radius 3 is 2.69 bits per heavy atom. The average molecular weight is 279 g/mol. The zero-order chi connectivity index (χ0) is 11.4. The maximum absolute atomic E-state index is 4.54. The summed E-state index contributed by atoms with van der Waals surface area (Å²) in [5.74, 6) is 0. The van der Waals surface area contributed by atoms with E-state index in [1.54, 1.807) is 0 Å². The van der Waals surface area contributed by atoms with Crippen molar-refractivity contribution in [2.24, 2.45) is 7.05 Å². The maximum atomic E-state index is 4.54. The molecule has 16 heavy (non-hydrogen) atoms. The summed E-state index contributed by atoms with van der Waals surface area (Å²) in [6.07, 6.45) is 2.22. The van der Waals surface area contributed by atoms with Gasteiger partial charge < -0.3 is 0 Å². The number of alkyl halides is 1. The molecule has 1 heterocycles. The van der Waals surface area contributed by atoms with Crippen molar-refractivity contribution < 1.29 is 0 Å². The largest absolute Gasteiger partial charge is 0.272 e. The molecule has 0 spiro atoms. The van der Waals surface area contributed by atoms with Crippen molar-refractivity contribution in [3.63, 3.8) is 0 Å². The standard InChI is InChI=1S/C13H15BrN2/c1-16-12(8-5-9-14)10-13(15-16)11-6-3-2-4-7-11/h2-4,6-7,10H,5,8-9H2,1H3. The van der Waals surface area contributed by atoms with Gasteiger partial charge >= 0.3 is 0 Å². The van der Waals surface area contributed by atoms with Crippen LogP contribution in [0.3, 0.4) is 0 Å². The van der Waals surface area contributed by atoms with Crippen LogP contribution in [0.25, 0.3) is 11.3 Å². The Hall–Kier alpha value is -1.09. The summed E-state index contributed by atoms with van der Waals surface area (Å²) in [6.45, 7) is 0. The lowest BCUT2D eigenvalue weighted by molar-refractivity contribution is 0.702. The van der Waals surface area contributed by atoms with Crippen LogP contribution in [0.5, 0.6) is 0 Å². The van der Waals surface area contributed by atoms with Gasteiger partial charge in [0.2, 0.25) is 0 Å². The molecule has 0 saturated heterocycles. The van der Waals surface area contributed by atoms with Crippen LogP contribution in [0.1, 0.15) is 12.1 Å². The summed E-state index contributed by atoms with van der Waals surface area (Å²) in [7, 11) is 2.01. The summed E-state index contributed by atoms with van der Waals surface area (Å²) in [5.41, 5.74) is 3.54. The predicted molar refractivity (Wildman–Crippen MR) is 70.8 cm³/mol. The first-order valence-corrected chi connectivity index (χ1v) is 6.57. The molecule has 0 atom stereocenters. The second-order valence-electron chi connectivity index (χ2n) is 3.80. The second-order valence-corrected chi connectivity index (χ2v) is 4.60. The first-order valence-electron chi connectivity index (χ1n) is 5.45. The number of hydrogen-bond acceptors (Lipinski definition) is 1.